The molecule has 0 aromatic heterocycles. The molecule has 4 heteroatoms. The number of carboxylic acids is 1. The number of benzene rings is 1. The van der Waals surface area contributed by atoms with Gasteiger partial charge in [-0.05, 0) is 56.1 Å². The van der Waals surface area contributed by atoms with Crippen LogP contribution in [0.3, 0.4) is 0 Å². The molecule has 0 bridgehead atoms. The largest absolute Gasteiger partial charge is 0.478 e. The van der Waals surface area contributed by atoms with Gasteiger partial charge in [-0.1, -0.05) is 13.0 Å². The number of nitrogens with zero attached hydrogens (tertiary/aromatic N) is 1. The minimum Gasteiger partial charge on any atom is -0.478 e. The summed E-state index contributed by atoms with van der Waals surface area (Å²) in [6.45, 7) is 7.99. The van der Waals surface area contributed by atoms with Crippen molar-refractivity contribution in [3.63, 3.8) is 0 Å². The Morgan fingerprint density at radius 3 is 2.70 bits per heavy atom. The van der Waals surface area contributed by atoms with Gasteiger partial charge in [-0.25, -0.2) is 9.18 Å². The number of hydrogen-bond acceptors (Lipinski definition) is 2. The first-order valence-electron chi connectivity index (χ1n) is 6.87. The van der Waals surface area contributed by atoms with Crippen LogP contribution in [0.5, 0.6) is 0 Å². The highest BCUT2D eigenvalue weighted by Crippen LogP contribution is 2.17. The Balaban J connectivity index is 3.01. The number of hydrogen-bond donors (Lipinski definition) is 1. The SMILES string of the molecule is CCCN(Cc1ccc(F)cc1C=CC(=O)O)C(C)C. The highest BCUT2D eigenvalue weighted by molar-refractivity contribution is 5.85. The lowest BCUT2D eigenvalue weighted by Gasteiger charge is -2.26. The summed E-state index contributed by atoms with van der Waals surface area (Å²) in [7, 11) is 0. The van der Waals surface area contributed by atoms with Crippen molar-refractivity contribution in [2.75, 3.05) is 6.54 Å². The van der Waals surface area contributed by atoms with Gasteiger partial charge in [-0.2, -0.15) is 0 Å². The molecular formula is C16H22FNO2. The average molecular weight is 279 g/mol. The van der Waals surface area contributed by atoms with Gasteiger partial charge in [0.05, 0.1) is 0 Å². The molecule has 0 aliphatic rings. The third kappa shape index (κ3) is 5.13. The van der Waals surface area contributed by atoms with E-state index < -0.39 is 5.97 Å². The van der Waals surface area contributed by atoms with Crippen LogP contribution in [-0.2, 0) is 11.3 Å². The van der Waals surface area contributed by atoms with Crippen LogP contribution in [0.1, 0.15) is 38.3 Å². The van der Waals surface area contributed by atoms with Crippen molar-refractivity contribution >= 4 is 12.0 Å². The fraction of sp³-hybridized carbons (Fsp3) is 0.438. The van der Waals surface area contributed by atoms with Gasteiger partial charge < -0.3 is 5.11 Å². The van der Waals surface area contributed by atoms with Crippen molar-refractivity contribution in [1.29, 1.82) is 0 Å². The maximum absolute atomic E-state index is 13.3. The Morgan fingerprint density at radius 2 is 2.15 bits per heavy atom. The van der Waals surface area contributed by atoms with Crippen molar-refractivity contribution in [3.8, 4) is 0 Å². The Labute approximate surface area is 119 Å². The van der Waals surface area contributed by atoms with Crippen LogP contribution in [-0.4, -0.2) is 28.6 Å². The fourth-order valence-electron chi connectivity index (χ4n) is 2.05. The molecule has 3 nitrogen and oxygen atoms in total. The monoisotopic (exact) mass is 279 g/mol. The summed E-state index contributed by atoms with van der Waals surface area (Å²) in [5.41, 5.74) is 1.56. The lowest BCUT2D eigenvalue weighted by atomic mass is 10.1. The topological polar surface area (TPSA) is 40.5 Å². The second-order valence-corrected chi connectivity index (χ2v) is 5.08. The van der Waals surface area contributed by atoms with Gasteiger partial charge >= 0.3 is 5.97 Å². The van der Waals surface area contributed by atoms with E-state index in [1.54, 1.807) is 6.07 Å². The van der Waals surface area contributed by atoms with E-state index in [0.717, 1.165) is 24.6 Å². The van der Waals surface area contributed by atoms with Gasteiger partial charge in [-0.3, -0.25) is 4.90 Å². The minimum absolute atomic E-state index is 0.356. The molecule has 0 saturated carbocycles. The number of carboxylic acid groups (broad SMARTS) is 1. The first-order chi connectivity index (χ1) is 9.43. The zero-order valence-electron chi connectivity index (χ0n) is 12.3. The van der Waals surface area contributed by atoms with Crippen molar-refractivity contribution in [3.05, 3.63) is 41.2 Å². The van der Waals surface area contributed by atoms with Crippen LogP contribution < -0.4 is 0 Å². The Bertz CT molecular complexity index is 483. The standard InChI is InChI=1S/C16H22FNO2/c1-4-9-18(12(2)3)11-14-5-7-15(17)10-13(14)6-8-16(19)20/h5-8,10,12H,4,9,11H2,1-3H3,(H,19,20). The van der Waals surface area contributed by atoms with E-state index in [1.807, 2.05) is 0 Å². The second kappa shape index (κ2) is 7.80. The molecule has 0 radical (unpaired) electrons. The predicted molar refractivity (Wildman–Crippen MR) is 78.9 cm³/mol. The number of carbonyl (C=O) groups is 1. The van der Waals surface area contributed by atoms with Gasteiger partial charge in [0.15, 0.2) is 0 Å². The summed E-state index contributed by atoms with van der Waals surface area (Å²) >= 11 is 0. The molecule has 0 aliphatic heterocycles. The van der Waals surface area contributed by atoms with Crippen LogP contribution in [0.25, 0.3) is 6.08 Å². The molecular weight excluding hydrogens is 257 g/mol. The van der Waals surface area contributed by atoms with E-state index in [9.17, 15) is 9.18 Å². The molecule has 0 saturated heterocycles. The van der Waals surface area contributed by atoms with Crippen molar-refractivity contribution in [2.45, 2.75) is 39.8 Å². The predicted octanol–water partition coefficient (Wildman–Crippen LogP) is 3.54. The third-order valence-electron chi connectivity index (χ3n) is 3.13. The van der Waals surface area contributed by atoms with E-state index in [-0.39, 0.29) is 5.82 Å². The zero-order chi connectivity index (χ0) is 15.1. The quantitative estimate of drug-likeness (QED) is 0.776. The molecule has 1 N–H and O–H groups in total. The van der Waals surface area contributed by atoms with Crippen LogP contribution in [0.2, 0.25) is 0 Å². The zero-order valence-corrected chi connectivity index (χ0v) is 12.3. The van der Waals surface area contributed by atoms with Crippen molar-refractivity contribution in [1.82, 2.24) is 4.90 Å². The number of aliphatic carboxylic acids is 1. The minimum atomic E-state index is -1.03. The molecule has 0 spiro atoms. The molecule has 0 heterocycles. The maximum Gasteiger partial charge on any atom is 0.328 e. The molecule has 0 amide bonds. The first kappa shape index (κ1) is 16.4. The fourth-order valence-corrected chi connectivity index (χ4v) is 2.05. The van der Waals surface area contributed by atoms with Gasteiger partial charge in [0.25, 0.3) is 0 Å². The summed E-state index contributed by atoms with van der Waals surface area (Å²) in [5, 5.41) is 8.70. The summed E-state index contributed by atoms with van der Waals surface area (Å²) in [6.07, 6.45) is 3.53. The van der Waals surface area contributed by atoms with Crippen molar-refractivity contribution in [2.24, 2.45) is 0 Å². The van der Waals surface area contributed by atoms with E-state index in [2.05, 4.69) is 25.7 Å². The Morgan fingerprint density at radius 1 is 1.45 bits per heavy atom. The van der Waals surface area contributed by atoms with E-state index in [0.29, 0.717) is 18.2 Å². The molecule has 1 aromatic rings. The first-order valence-corrected chi connectivity index (χ1v) is 6.87. The van der Waals surface area contributed by atoms with Gasteiger partial charge in [0.1, 0.15) is 5.82 Å². The molecule has 0 atom stereocenters. The molecule has 1 rings (SSSR count). The van der Waals surface area contributed by atoms with Crippen LogP contribution in [0, 0.1) is 5.82 Å². The Hall–Kier alpha value is -1.68. The molecule has 1 aromatic carbocycles. The number of rotatable bonds is 7. The molecule has 0 aliphatic carbocycles. The van der Waals surface area contributed by atoms with Crippen molar-refractivity contribution < 1.29 is 14.3 Å². The molecule has 110 valence electrons. The van der Waals surface area contributed by atoms with Gasteiger partial charge in [-0.15, -0.1) is 0 Å². The summed E-state index contributed by atoms with van der Waals surface area (Å²) in [6, 6.07) is 4.90. The van der Waals surface area contributed by atoms with Gasteiger partial charge in [0, 0.05) is 18.7 Å². The number of halogens is 1. The highest BCUT2D eigenvalue weighted by Gasteiger charge is 2.11. The lowest BCUT2D eigenvalue weighted by Crippen LogP contribution is -2.31. The summed E-state index contributed by atoms with van der Waals surface area (Å²) in [5.74, 6) is -1.39. The Kier molecular flexibility index (Phi) is 6.39. The van der Waals surface area contributed by atoms with Crippen LogP contribution >= 0.6 is 0 Å². The maximum atomic E-state index is 13.3. The highest BCUT2D eigenvalue weighted by atomic mass is 19.1. The molecule has 0 fully saturated rings. The van der Waals surface area contributed by atoms with Crippen LogP contribution in [0.4, 0.5) is 4.39 Å². The smallest absolute Gasteiger partial charge is 0.328 e. The second-order valence-electron chi connectivity index (χ2n) is 5.08. The third-order valence-corrected chi connectivity index (χ3v) is 3.13. The van der Waals surface area contributed by atoms with Gasteiger partial charge in [0.2, 0.25) is 0 Å². The summed E-state index contributed by atoms with van der Waals surface area (Å²) < 4.78 is 13.3. The average Bonchev–Trinajstić information content (AvgIpc) is 2.37. The van der Waals surface area contributed by atoms with E-state index >= 15 is 0 Å². The summed E-state index contributed by atoms with van der Waals surface area (Å²) in [4.78, 5) is 12.9. The van der Waals surface area contributed by atoms with Crippen LogP contribution in [0.15, 0.2) is 24.3 Å². The lowest BCUT2D eigenvalue weighted by molar-refractivity contribution is -0.131. The van der Waals surface area contributed by atoms with E-state index in [1.165, 1.54) is 18.2 Å². The molecule has 20 heavy (non-hydrogen) atoms. The van der Waals surface area contributed by atoms with E-state index in [4.69, 9.17) is 5.11 Å². The normalized spacial score (nSPS) is 11.7. The molecule has 0 unspecified atom stereocenters.